The van der Waals surface area contributed by atoms with Crippen LogP contribution in [0.1, 0.15) is 22.4 Å². The maximum absolute atomic E-state index is 9.46. The molecule has 1 aliphatic rings. The quantitative estimate of drug-likeness (QED) is 0.798. The molecule has 0 fully saturated rings. The molecule has 0 spiro atoms. The molecule has 114 valence electrons. The Morgan fingerprint density at radius 2 is 2.04 bits per heavy atom. The van der Waals surface area contributed by atoms with Crippen molar-refractivity contribution in [3.63, 3.8) is 0 Å². The minimum absolute atomic E-state index is 0.523. The summed E-state index contributed by atoms with van der Waals surface area (Å²) in [6.07, 6.45) is 3.67. The highest BCUT2D eigenvalue weighted by atomic mass is 32.2. The van der Waals surface area contributed by atoms with E-state index in [0.717, 1.165) is 17.0 Å². The second-order valence-electron chi connectivity index (χ2n) is 5.22. The van der Waals surface area contributed by atoms with Gasteiger partial charge in [-0.3, -0.25) is 0 Å². The Hall–Kier alpha value is -2.58. The molecule has 2 heterocycles. The van der Waals surface area contributed by atoms with Crippen molar-refractivity contribution in [1.82, 2.24) is 9.88 Å². The van der Waals surface area contributed by atoms with E-state index in [1.165, 1.54) is 17.3 Å². The van der Waals surface area contributed by atoms with Crippen LogP contribution >= 0.6 is 11.8 Å². The van der Waals surface area contributed by atoms with Gasteiger partial charge in [0.1, 0.15) is 16.7 Å². The highest BCUT2D eigenvalue weighted by molar-refractivity contribution is 7.98. The lowest BCUT2D eigenvalue weighted by molar-refractivity contribution is 0.589. The molecule has 0 saturated heterocycles. The normalized spacial score (nSPS) is 12.9. The number of rotatable bonds is 3. The lowest BCUT2D eigenvalue weighted by atomic mass is 10.0. The summed E-state index contributed by atoms with van der Waals surface area (Å²) >= 11 is 1.46. The number of aliphatic imine (C=N–C) groups is 1. The van der Waals surface area contributed by atoms with Gasteiger partial charge in [0.25, 0.3) is 0 Å². The number of fused-ring (bicyclic) bond motifs is 1. The number of nitrogens with zero attached hydrogens (tertiary/aromatic N) is 4. The summed E-state index contributed by atoms with van der Waals surface area (Å²) in [6.45, 7) is 6.83. The molecule has 0 atom stereocenters. The van der Waals surface area contributed by atoms with Gasteiger partial charge in [0.15, 0.2) is 0 Å². The van der Waals surface area contributed by atoms with Crippen molar-refractivity contribution in [2.45, 2.75) is 18.5 Å². The summed E-state index contributed by atoms with van der Waals surface area (Å²) in [5, 5.41) is 10.2. The van der Waals surface area contributed by atoms with E-state index < -0.39 is 0 Å². The molecule has 0 saturated carbocycles. The Morgan fingerprint density at radius 1 is 1.30 bits per heavy atom. The minimum atomic E-state index is 0.523. The molecule has 2 aromatic rings. The number of pyridine rings is 1. The van der Waals surface area contributed by atoms with Crippen LogP contribution in [0.25, 0.3) is 5.70 Å². The molecule has 0 amide bonds. The Kier molecular flexibility index (Phi) is 4.18. The molecule has 0 aliphatic carbocycles. The van der Waals surface area contributed by atoms with Gasteiger partial charge in [-0.1, -0.05) is 36.9 Å². The number of thioether (sulfide) groups is 1. The van der Waals surface area contributed by atoms with Gasteiger partial charge >= 0.3 is 0 Å². The highest BCUT2D eigenvalue weighted by Crippen LogP contribution is 2.39. The van der Waals surface area contributed by atoms with E-state index in [-0.39, 0.29) is 0 Å². The molecule has 23 heavy (non-hydrogen) atoms. The van der Waals surface area contributed by atoms with Crippen LogP contribution in [0.5, 0.6) is 0 Å². The fourth-order valence-corrected chi connectivity index (χ4v) is 3.22. The first kappa shape index (κ1) is 15.3. The zero-order chi connectivity index (χ0) is 16.4. The third-order valence-corrected chi connectivity index (χ3v) is 4.46. The van der Waals surface area contributed by atoms with Crippen LogP contribution in [0.3, 0.4) is 0 Å². The molecule has 0 unspecified atom stereocenters. The summed E-state index contributed by atoms with van der Waals surface area (Å²) in [7, 11) is 0. The van der Waals surface area contributed by atoms with E-state index in [2.05, 4.69) is 34.8 Å². The van der Waals surface area contributed by atoms with E-state index in [0.29, 0.717) is 22.8 Å². The number of aryl methyl sites for hydroxylation is 1. The van der Waals surface area contributed by atoms with Crippen LogP contribution in [0, 0.1) is 18.3 Å². The molecule has 3 rings (SSSR count). The van der Waals surface area contributed by atoms with E-state index in [9.17, 15) is 5.26 Å². The van der Waals surface area contributed by atoms with Crippen LogP contribution in [0.4, 0.5) is 5.69 Å². The summed E-state index contributed by atoms with van der Waals surface area (Å²) in [5.41, 5.74) is 4.91. The molecule has 0 bridgehead atoms. The van der Waals surface area contributed by atoms with Crippen LogP contribution in [-0.4, -0.2) is 22.5 Å². The van der Waals surface area contributed by atoms with Crippen LogP contribution < -0.4 is 0 Å². The van der Waals surface area contributed by atoms with Gasteiger partial charge in [0.2, 0.25) is 0 Å². The van der Waals surface area contributed by atoms with Crippen molar-refractivity contribution in [1.29, 1.82) is 5.26 Å². The van der Waals surface area contributed by atoms with Crippen LogP contribution in [-0.2, 0) is 6.54 Å². The van der Waals surface area contributed by atoms with Crippen molar-refractivity contribution < 1.29 is 0 Å². The van der Waals surface area contributed by atoms with Crippen molar-refractivity contribution in [2.75, 3.05) is 6.26 Å². The zero-order valence-electron chi connectivity index (χ0n) is 13.1. The third-order valence-electron chi connectivity index (χ3n) is 3.78. The molecule has 0 N–H and O–H groups in total. The lowest BCUT2D eigenvalue weighted by Crippen LogP contribution is -2.23. The molecule has 1 aliphatic heterocycles. The van der Waals surface area contributed by atoms with E-state index in [1.807, 2.05) is 36.3 Å². The molecule has 1 aromatic heterocycles. The van der Waals surface area contributed by atoms with Crippen molar-refractivity contribution in [3.8, 4) is 6.07 Å². The molecule has 4 nitrogen and oxygen atoms in total. The first-order chi connectivity index (χ1) is 11.2. The topological polar surface area (TPSA) is 52.3 Å². The molecule has 5 heteroatoms. The summed E-state index contributed by atoms with van der Waals surface area (Å²) in [6, 6.07) is 12.4. The van der Waals surface area contributed by atoms with Gasteiger partial charge in [0, 0.05) is 17.8 Å². The van der Waals surface area contributed by atoms with E-state index in [4.69, 9.17) is 0 Å². The molecule has 0 radical (unpaired) electrons. The highest BCUT2D eigenvalue weighted by Gasteiger charge is 2.24. The lowest BCUT2D eigenvalue weighted by Gasteiger charge is -2.28. The maximum Gasteiger partial charge on any atom is 0.116 e. The Bertz CT molecular complexity index is 834. The fraction of sp³-hybridized carbons (Fsp3) is 0.167. The van der Waals surface area contributed by atoms with Crippen molar-refractivity contribution >= 4 is 29.5 Å². The number of nitriles is 1. The summed E-state index contributed by atoms with van der Waals surface area (Å²) < 4.78 is 0. The number of hydrogen-bond donors (Lipinski definition) is 0. The molecule has 1 aromatic carbocycles. The fourth-order valence-electron chi connectivity index (χ4n) is 2.64. The van der Waals surface area contributed by atoms with Crippen LogP contribution in [0.15, 0.2) is 46.9 Å². The first-order valence-corrected chi connectivity index (χ1v) is 8.41. The van der Waals surface area contributed by atoms with Crippen molar-refractivity contribution in [2.24, 2.45) is 4.99 Å². The maximum atomic E-state index is 9.46. The number of aromatic nitrogens is 1. The van der Waals surface area contributed by atoms with Gasteiger partial charge < -0.3 is 4.90 Å². The molecular weight excluding hydrogens is 304 g/mol. The average Bonchev–Trinajstić information content (AvgIpc) is 2.57. The molecular formula is C18H16N4S. The minimum Gasteiger partial charge on any atom is -0.328 e. The number of benzene rings is 1. The Labute approximate surface area is 140 Å². The smallest absolute Gasteiger partial charge is 0.116 e. The standard InChI is InChI=1S/C18H16N4S/c1-12-16-13(2)22(10-14-7-5-4-6-8-14)11-20-17(16)15(9-19)18(21-12)23-3/h4-8,11H,2,10H2,1,3H3. The third kappa shape index (κ3) is 2.73. The van der Waals surface area contributed by atoms with Gasteiger partial charge in [-0.05, 0) is 18.7 Å². The van der Waals surface area contributed by atoms with Gasteiger partial charge in [-0.25, -0.2) is 9.98 Å². The average molecular weight is 320 g/mol. The van der Waals surface area contributed by atoms with Gasteiger partial charge in [-0.15, -0.1) is 11.8 Å². The second kappa shape index (κ2) is 6.27. The van der Waals surface area contributed by atoms with Gasteiger partial charge in [-0.2, -0.15) is 5.26 Å². The zero-order valence-corrected chi connectivity index (χ0v) is 13.9. The largest absolute Gasteiger partial charge is 0.328 e. The number of hydrogen-bond acceptors (Lipinski definition) is 5. The first-order valence-electron chi connectivity index (χ1n) is 7.18. The van der Waals surface area contributed by atoms with Crippen LogP contribution in [0.2, 0.25) is 0 Å². The SMILES string of the molecule is C=C1c2c(C)nc(SC)c(C#N)c2N=CN1Cc1ccccc1. The second-order valence-corrected chi connectivity index (χ2v) is 6.02. The predicted molar refractivity (Wildman–Crippen MR) is 94.6 cm³/mol. The van der Waals surface area contributed by atoms with Crippen molar-refractivity contribution in [3.05, 3.63) is 59.3 Å². The Morgan fingerprint density at radius 3 is 2.70 bits per heavy atom. The van der Waals surface area contributed by atoms with E-state index >= 15 is 0 Å². The van der Waals surface area contributed by atoms with E-state index in [1.54, 1.807) is 6.34 Å². The predicted octanol–water partition coefficient (Wildman–Crippen LogP) is 4.13. The summed E-state index contributed by atoms with van der Waals surface area (Å²) in [5.74, 6) is 0. The Balaban J connectivity index is 2.03. The monoisotopic (exact) mass is 320 g/mol. The van der Waals surface area contributed by atoms with Gasteiger partial charge in [0.05, 0.1) is 17.7 Å². The summed E-state index contributed by atoms with van der Waals surface area (Å²) in [4.78, 5) is 11.1.